The topological polar surface area (TPSA) is 78.2 Å². The maximum absolute atomic E-state index is 10.4. The first-order chi connectivity index (χ1) is 8.15. The summed E-state index contributed by atoms with van der Waals surface area (Å²) in [5.74, 6) is 0.503. The number of benzene rings is 1. The summed E-state index contributed by atoms with van der Waals surface area (Å²) in [6.45, 7) is 0. The molecule has 2 aromatic rings. The highest BCUT2D eigenvalue weighted by atomic mass is 35.5. The molecule has 1 aromatic heterocycles. The quantitative estimate of drug-likeness (QED) is 0.619. The van der Waals surface area contributed by atoms with Gasteiger partial charge in [-0.3, -0.25) is 10.1 Å². The molecule has 0 saturated heterocycles. The molecule has 0 fully saturated rings. The van der Waals surface area contributed by atoms with Gasteiger partial charge in [-0.05, 0) is 24.3 Å². The van der Waals surface area contributed by atoms with Crippen LogP contribution >= 0.6 is 11.6 Å². The van der Waals surface area contributed by atoms with E-state index in [1.54, 1.807) is 24.3 Å². The highest BCUT2D eigenvalue weighted by Crippen LogP contribution is 2.20. The Morgan fingerprint density at radius 3 is 2.29 bits per heavy atom. The zero-order valence-electron chi connectivity index (χ0n) is 8.41. The predicted octanol–water partition coefficient (Wildman–Crippen LogP) is 2.83. The Kier molecular flexibility index (Phi) is 3.15. The number of rotatable bonds is 3. The van der Waals surface area contributed by atoms with Crippen LogP contribution in [-0.4, -0.2) is 14.9 Å². The van der Waals surface area contributed by atoms with Crippen LogP contribution in [0.3, 0.4) is 0 Å². The molecule has 86 valence electrons. The van der Waals surface area contributed by atoms with Crippen molar-refractivity contribution in [1.82, 2.24) is 9.97 Å². The lowest BCUT2D eigenvalue weighted by atomic mass is 10.3. The molecule has 6 nitrogen and oxygen atoms in total. The molecule has 0 aliphatic heterocycles. The second-order valence-corrected chi connectivity index (χ2v) is 3.47. The first kappa shape index (κ1) is 11.3. The van der Waals surface area contributed by atoms with Crippen LogP contribution in [0.25, 0.3) is 0 Å². The number of aromatic nitrogens is 2. The Hall–Kier alpha value is -2.21. The zero-order valence-corrected chi connectivity index (χ0v) is 9.16. The van der Waals surface area contributed by atoms with Crippen molar-refractivity contribution in [2.24, 2.45) is 0 Å². The van der Waals surface area contributed by atoms with E-state index in [-0.39, 0.29) is 11.7 Å². The highest BCUT2D eigenvalue weighted by molar-refractivity contribution is 6.30. The molecular formula is C10H6ClN3O3. The molecule has 1 heterocycles. The molecule has 0 amide bonds. The summed E-state index contributed by atoms with van der Waals surface area (Å²) in [6, 6.07) is 6.64. The number of nitro groups is 1. The lowest BCUT2D eigenvalue weighted by Gasteiger charge is -2.02. The summed E-state index contributed by atoms with van der Waals surface area (Å²) in [7, 11) is 0. The second kappa shape index (κ2) is 4.75. The second-order valence-electron chi connectivity index (χ2n) is 3.04. The van der Waals surface area contributed by atoms with Crippen molar-refractivity contribution in [2.45, 2.75) is 0 Å². The van der Waals surface area contributed by atoms with Gasteiger partial charge in [0, 0.05) is 5.02 Å². The van der Waals surface area contributed by atoms with Crippen LogP contribution in [-0.2, 0) is 0 Å². The Morgan fingerprint density at radius 2 is 1.76 bits per heavy atom. The fraction of sp³-hybridized carbons (Fsp3) is 0. The first-order valence-electron chi connectivity index (χ1n) is 4.55. The summed E-state index contributed by atoms with van der Waals surface area (Å²) < 4.78 is 5.26. The van der Waals surface area contributed by atoms with Crippen LogP contribution in [0.1, 0.15) is 0 Å². The van der Waals surface area contributed by atoms with Crippen LogP contribution in [0.5, 0.6) is 11.8 Å². The Labute approximate surface area is 101 Å². The molecule has 0 radical (unpaired) electrons. The average molecular weight is 252 g/mol. The van der Waals surface area contributed by atoms with Crippen LogP contribution < -0.4 is 4.74 Å². The summed E-state index contributed by atoms with van der Waals surface area (Å²) in [5.41, 5.74) is -0.187. The molecule has 17 heavy (non-hydrogen) atoms. The average Bonchev–Trinajstić information content (AvgIpc) is 2.33. The van der Waals surface area contributed by atoms with Crippen molar-refractivity contribution in [3.05, 3.63) is 51.8 Å². The molecule has 0 N–H and O–H groups in total. The highest BCUT2D eigenvalue weighted by Gasteiger charge is 2.07. The van der Waals surface area contributed by atoms with Crippen molar-refractivity contribution in [1.29, 1.82) is 0 Å². The summed E-state index contributed by atoms with van der Waals surface area (Å²) in [5, 5.41) is 11.0. The van der Waals surface area contributed by atoms with Crippen molar-refractivity contribution >= 4 is 17.3 Å². The van der Waals surface area contributed by atoms with E-state index in [1.165, 1.54) is 0 Å². The standard InChI is InChI=1S/C10H6ClN3O3/c11-7-1-3-9(4-2-7)17-10-12-5-8(6-13-10)14(15)16/h1-6H. The van der Waals surface area contributed by atoms with Crippen molar-refractivity contribution < 1.29 is 9.66 Å². The van der Waals surface area contributed by atoms with E-state index in [0.29, 0.717) is 10.8 Å². The monoisotopic (exact) mass is 251 g/mol. The molecular weight excluding hydrogens is 246 g/mol. The summed E-state index contributed by atoms with van der Waals surface area (Å²) >= 11 is 5.71. The van der Waals surface area contributed by atoms with Crippen LogP contribution in [0.2, 0.25) is 5.02 Å². The van der Waals surface area contributed by atoms with E-state index < -0.39 is 4.92 Å². The number of hydrogen-bond donors (Lipinski definition) is 0. The number of hydrogen-bond acceptors (Lipinski definition) is 5. The van der Waals surface area contributed by atoms with E-state index in [9.17, 15) is 10.1 Å². The molecule has 2 rings (SSSR count). The smallest absolute Gasteiger partial charge is 0.322 e. The van der Waals surface area contributed by atoms with Gasteiger partial charge in [-0.15, -0.1) is 0 Å². The van der Waals surface area contributed by atoms with Gasteiger partial charge < -0.3 is 4.74 Å². The molecule has 0 spiro atoms. The van der Waals surface area contributed by atoms with E-state index >= 15 is 0 Å². The van der Waals surface area contributed by atoms with Gasteiger partial charge in [0.15, 0.2) is 0 Å². The van der Waals surface area contributed by atoms with Gasteiger partial charge >= 0.3 is 11.7 Å². The van der Waals surface area contributed by atoms with Gasteiger partial charge in [-0.1, -0.05) is 11.6 Å². The fourth-order valence-corrected chi connectivity index (χ4v) is 1.19. The maximum Gasteiger partial charge on any atom is 0.322 e. The molecule has 7 heteroatoms. The van der Waals surface area contributed by atoms with Gasteiger partial charge in [0.2, 0.25) is 0 Å². The minimum Gasteiger partial charge on any atom is -0.424 e. The van der Waals surface area contributed by atoms with Gasteiger partial charge in [-0.2, -0.15) is 9.97 Å². The minimum atomic E-state index is -0.577. The van der Waals surface area contributed by atoms with E-state index in [4.69, 9.17) is 16.3 Å². The number of ether oxygens (including phenoxy) is 1. The Balaban J connectivity index is 2.13. The van der Waals surface area contributed by atoms with Crippen molar-refractivity contribution in [3.63, 3.8) is 0 Å². The van der Waals surface area contributed by atoms with Gasteiger partial charge in [0.25, 0.3) is 0 Å². The normalized spacial score (nSPS) is 9.94. The Morgan fingerprint density at radius 1 is 1.18 bits per heavy atom. The summed E-state index contributed by atoms with van der Waals surface area (Å²) in [6.07, 6.45) is 2.16. The third kappa shape index (κ3) is 2.88. The molecule has 0 unspecified atom stereocenters. The minimum absolute atomic E-state index is 0.0397. The van der Waals surface area contributed by atoms with E-state index in [0.717, 1.165) is 12.4 Å². The Bertz CT molecular complexity index is 527. The van der Waals surface area contributed by atoms with E-state index in [2.05, 4.69) is 9.97 Å². The molecule has 0 saturated carbocycles. The largest absolute Gasteiger partial charge is 0.424 e. The van der Waals surface area contributed by atoms with Crippen LogP contribution in [0, 0.1) is 10.1 Å². The first-order valence-corrected chi connectivity index (χ1v) is 4.93. The van der Waals surface area contributed by atoms with Gasteiger partial charge in [0.1, 0.15) is 18.1 Å². The molecule has 0 bridgehead atoms. The van der Waals surface area contributed by atoms with Crippen molar-refractivity contribution in [2.75, 3.05) is 0 Å². The maximum atomic E-state index is 10.4. The van der Waals surface area contributed by atoms with Gasteiger partial charge in [0.05, 0.1) is 4.92 Å². The molecule has 1 aromatic carbocycles. The lowest BCUT2D eigenvalue weighted by Crippen LogP contribution is -1.94. The lowest BCUT2D eigenvalue weighted by molar-refractivity contribution is -0.385. The fourth-order valence-electron chi connectivity index (χ4n) is 1.06. The molecule has 0 aliphatic rings. The third-order valence-electron chi connectivity index (χ3n) is 1.85. The number of nitrogens with zero attached hydrogens (tertiary/aromatic N) is 3. The van der Waals surface area contributed by atoms with Gasteiger partial charge in [-0.25, -0.2) is 0 Å². The number of halogens is 1. The summed E-state index contributed by atoms with van der Waals surface area (Å²) in [4.78, 5) is 17.2. The predicted molar refractivity (Wildman–Crippen MR) is 60.2 cm³/mol. The van der Waals surface area contributed by atoms with E-state index in [1.807, 2.05) is 0 Å². The van der Waals surface area contributed by atoms with Crippen LogP contribution in [0.4, 0.5) is 5.69 Å². The zero-order chi connectivity index (χ0) is 12.3. The molecule has 0 atom stereocenters. The van der Waals surface area contributed by atoms with Crippen LogP contribution in [0.15, 0.2) is 36.7 Å². The SMILES string of the molecule is O=[N+]([O-])c1cnc(Oc2ccc(Cl)cc2)nc1. The third-order valence-corrected chi connectivity index (χ3v) is 2.10. The molecule has 0 aliphatic carbocycles. The van der Waals surface area contributed by atoms with Crippen molar-refractivity contribution in [3.8, 4) is 11.8 Å².